The van der Waals surface area contributed by atoms with Crippen LogP contribution in [0.3, 0.4) is 0 Å². The summed E-state index contributed by atoms with van der Waals surface area (Å²) in [5.41, 5.74) is 3.16. The highest BCUT2D eigenvalue weighted by atomic mass is 35.5. The van der Waals surface area contributed by atoms with Gasteiger partial charge in [-0.3, -0.25) is 9.48 Å². The number of hydrogen-bond acceptors (Lipinski definition) is 4. The van der Waals surface area contributed by atoms with Crippen LogP contribution in [-0.2, 0) is 13.3 Å². The molecule has 4 aromatic rings. The number of benzene rings is 2. The van der Waals surface area contributed by atoms with Crippen molar-refractivity contribution in [3.8, 4) is 5.75 Å². The highest BCUT2D eigenvalue weighted by Crippen LogP contribution is 2.25. The molecule has 7 nitrogen and oxygen atoms in total. The van der Waals surface area contributed by atoms with Crippen molar-refractivity contribution in [2.24, 2.45) is 0 Å². The van der Waals surface area contributed by atoms with Gasteiger partial charge in [-0.1, -0.05) is 53.0 Å². The van der Waals surface area contributed by atoms with E-state index in [2.05, 4.69) is 15.5 Å². The third kappa shape index (κ3) is 5.68. The molecule has 2 aromatic heterocycles. The Morgan fingerprint density at radius 1 is 1.00 bits per heavy atom. The maximum absolute atomic E-state index is 12.6. The van der Waals surface area contributed by atoms with Gasteiger partial charge in [0.25, 0.3) is 5.91 Å². The summed E-state index contributed by atoms with van der Waals surface area (Å²) >= 11 is 18.4. The Balaban J connectivity index is 1.39. The zero-order chi connectivity index (χ0) is 23.5. The van der Waals surface area contributed by atoms with Crippen LogP contribution in [0.5, 0.6) is 5.75 Å². The van der Waals surface area contributed by atoms with Gasteiger partial charge < -0.3 is 10.1 Å². The lowest BCUT2D eigenvalue weighted by Gasteiger charge is -2.09. The number of amides is 1. The average molecular weight is 505 g/mol. The normalized spacial score (nSPS) is 10.9. The van der Waals surface area contributed by atoms with Crippen molar-refractivity contribution in [2.45, 2.75) is 27.1 Å². The van der Waals surface area contributed by atoms with Gasteiger partial charge >= 0.3 is 0 Å². The summed E-state index contributed by atoms with van der Waals surface area (Å²) in [6, 6.07) is 12.8. The van der Waals surface area contributed by atoms with Crippen LogP contribution in [-0.4, -0.2) is 25.5 Å². The first kappa shape index (κ1) is 23.2. The number of rotatable bonds is 7. The standard InChI is InChI=1S/C23H20Cl3N5O2/c1-14-3-4-15(2)21(9-14)33-13-30-8-7-20(28-30)23(32)27-22-19(26)12-31(29-22)11-16-5-6-17(24)10-18(16)25/h3-10,12H,11,13H2,1-2H3,(H,27,29,32). The van der Waals surface area contributed by atoms with Crippen LogP contribution in [0.2, 0.25) is 15.1 Å². The Bertz CT molecular complexity index is 1320. The third-order valence-electron chi connectivity index (χ3n) is 4.87. The molecule has 0 aliphatic heterocycles. The monoisotopic (exact) mass is 503 g/mol. The summed E-state index contributed by atoms with van der Waals surface area (Å²) in [7, 11) is 0. The summed E-state index contributed by atoms with van der Waals surface area (Å²) < 4.78 is 8.95. The van der Waals surface area contributed by atoms with Crippen LogP contribution < -0.4 is 10.1 Å². The topological polar surface area (TPSA) is 74.0 Å². The second kappa shape index (κ2) is 9.87. The molecule has 170 valence electrons. The van der Waals surface area contributed by atoms with Crippen LogP contribution in [0.15, 0.2) is 54.9 Å². The second-order valence-electron chi connectivity index (χ2n) is 7.50. The molecule has 1 amide bonds. The molecule has 10 heteroatoms. The lowest BCUT2D eigenvalue weighted by molar-refractivity contribution is 0.101. The number of hydrogen-bond donors (Lipinski definition) is 1. The largest absolute Gasteiger partial charge is 0.471 e. The Morgan fingerprint density at radius 3 is 2.61 bits per heavy atom. The first-order valence-electron chi connectivity index (χ1n) is 10.0. The van der Waals surface area contributed by atoms with E-state index in [-0.39, 0.29) is 18.2 Å². The van der Waals surface area contributed by atoms with E-state index < -0.39 is 5.91 Å². The fraction of sp³-hybridized carbons (Fsp3) is 0.174. The Hall–Kier alpha value is -3.00. The van der Waals surface area contributed by atoms with Crippen molar-refractivity contribution in [3.63, 3.8) is 0 Å². The van der Waals surface area contributed by atoms with Crippen molar-refractivity contribution < 1.29 is 9.53 Å². The van der Waals surface area contributed by atoms with Gasteiger partial charge in [0.15, 0.2) is 18.2 Å². The highest BCUT2D eigenvalue weighted by Gasteiger charge is 2.15. The lowest BCUT2D eigenvalue weighted by Crippen LogP contribution is -2.15. The molecule has 2 heterocycles. The van der Waals surface area contributed by atoms with E-state index in [4.69, 9.17) is 39.5 Å². The van der Waals surface area contributed by atoms with E-state index in [9.17, 15) is 4.79 Å². The van der Waals surface area contributed by atoms with Crippen LogP contribution in [0.4, 0.5) is 5.82 Å². The Kier molecular flexibility index (Phi) is 6.93. The molecule has 0 aliphatic carbocycles. The van der Waals surface area contributed by atoms with Gasteiger partial charge in [-0.15, -0.1) is 0 Å². The maximum atomic E-state index is 12.6. The molecule has 0 unspecified atom stereocenters. The minimum absolute atomic E-state index is 0.175. The molecular weight excluding hydrogens is 485 g/mol. The summed E-state index contributed by atoms with van der Waals surface area (Å²) in [6.07, 6.45) is 3.28. The highest BCUT2D eigenvalue weighted by molar-refractivity contribution is 6.35. The fourth-order valence-corrected chi connectivity index (χ4v) is 3.78. The van der Waals surface area contributed by atoms with E-state index in [1.54, 1.807) is 40.0 Å². The zero-order valence-corrected chi connectivity index (χ0v) is 20.1. The van der Waals surface area contributed by atoms with Crippen molar-refractivity contribution in [1.29, 1.82) is 0 Å². The minimum atomic E-state index is -0.433. The quantitative estimate of drug-likeness (QED) is 0.335. The minimum Gasteiger partial charge on any atom is -0.471 e. The maximum Gasteiger partial charge on any atom is 0.277 e. The summed E-state index contributed by atoms with van der Waals surface area (Å²) in [5.74, 6) is 0.569. The van der Waals surface area contributed by atoms with Crippen LogP contribution in [0.25, 0.3) is 0 Å². The van der Waals surface area contributed by atoms with Crippen molar-refractivity contribution >= 4 is 46.5 Å². The van der Waals surface area contributed by atoms with E-state index in [0.717, 1.165) is 22.4 Å². The number of nitrogens with one attached hydrogen (secondary N) is 1. The van der Waals surface area contributed by atoms with Gasteiger partial charge in [-0.2, -0.15) is 10.2 Å². The third-order valence-corrected chi connectivity index (χ3v) is 5.73. The van der Waals surface area contributed by atoms with Gasteiger partial charge in [0.1, 0.15) is 10.8 Å². The van der Waals surface area contributed by atoms with E-state index in [1.807, 2.05) is 38.1 Å². The molecular formula is C23H20Cl3N5O2. The number of nitrogens with zero attached hydrogens (tertiary/aromatic N) is 4. The van der Waals surface area contributed by atoms with Crippen LogP contribution in [0.1, 0.15) is 27.2 Å². The van der Waals surface area contributed by atoms with Crippen molar-refractivity contribution in [2.75, 3.05) is 5.32 Å². The molecule has 2 aromatic carbocycles. The SMILES string of the molecule is Cc1ccc(C)c(OCn2ccc(C(=O)Nc3nn(Cc4ccc(Cl)cc4Cl)cc3Cl)n2)c1. The molecule has 0 fully saturated rings. The van der Waals surface area contributed by atoms with E-state index >= 15 is 0 Å². The number of aryl methyl sites for hydroxylation is 2. The molecule has 0 spiro atoms. The van der Waals surface area contributed by atoms with E-state index in [1.165, 1.54) is 0 Å². The molecule has 0 atom stereocenters. The van der Waals surface area contributed by atoms with Gasteiger partial charge in [-0.25, -0.2) is 4.68 Å². The molecule has 0 saturated heterocycles. The van der Waals surface area contributed by atoms with Gasteiger partial charge in [0.05, 0.1) is 6.54 Å². The lowest BCUT2D eigenvalue weighted by atomic mass is 10.1. The smallest absolute Gasteiger partial charge is 0.277 e. The van der Waals surface area contributed by atoms with Crippen molar-refractivity contribution in [3.05, 3.63) is 92.3 Å². The first-order chi connectivity index (χ1) is 15.8. The van der Waals surface area contributed by atoms with Gasteiger partial charge in [0, 0.05) is 22.4 Å². The average Bonchev–Trinajstić information content (AvgIpc) is 3.37. The van der Waals surface area contributed by atoms with Crippen LogP contribution >= 0.6 is 34.8 Å². The molecule has 0 saturated carbocycles. The summed E-state index contributed by atoms with van der Waals surface area (Å²) in [4.78, 5) is 12.6. The predicted octanol–water partition coefficient (Wildman–Crippen LogP) is 5.99. The van der Waals surface area contributed by atoms with Gasteiger partial charge in [-0.05, 0) is 54.8 Å². The van der Waals surface area contributed by atoms with Gasteiger partial charge in [0.2, 0.25) is 0 Å². The van der Waals surface area contributed by atoms with E-state index in [0.29, 0.717) is 21.6 Å². The summed E-state index contributed by atoms with van der Waals surface area (Å²) in [6.45, 7) is 4.52. The molecule has 0 aliphatic rings. The Labute approximate surface area is 205 Å². The molecule has 0 radical (unpaired) electrons. The zero-order valence-electron chi connectivity index (χ0n) is 17.8. The van der Waals surface area contributed by atoms with Crippen LogP contribution in [0, 0.1) is 13.8 Å². The Morgan fingerprint density at radius 2 is 1.82 bits per heavy atom. The second-order valence-corrected chi connectivity index (χ2v) is 8.75. The number of carbonyl (C=O) groups is 1. The number of halogens is 3. The molecule has 33 heavy (non-hydrogen) atoms. The number of anilines is 1. The summed E-state index contributed by atoms with van der Waals surface area (Å²) in [5, 5.41) is 12.7. The molecule has 0 bridgehead atoms. The predicted molar refractivity (Wildman–Crippen MR) is 130 cm³/mol. The fourth-order valence-electron chi connectivity index (χ4n) is 3.11. The molecule has 4 rings (SSSR count). The first-order valence-corrected chi connectivity index (χ1v) is 11.1. The number of ether oxygens (including phenoxy) is 1. The number of aromatic nitrogens is 4. The number of carbonyl (C=O) groups excluding carboxylic acids is 1. The van der Waals surface area contributed by atoms with Crippen molar-refractivity contribution in [1.82, 2.24) is 19.6 Å². The molecule has 1 N–H and O–H groups in total.